The Hall–Kier alpha value is -1.19. The second kappa shape index (κ2) is 4.13. The van der Waals surface area contributed by atoms with Crippen LogP contribution in [0.25, 0.3) is 0 Å². The molecular formula is C11H16O4. The van der Waals surface area contributed by atoms with Crippen molar-refractivity contribution >= 4 is 17.5 Å². The molecule has 0 aliphatic heterocycles. The molecule has 0 spiro atoms. The molecule has 1 N–H and O–H groups in total. The molecule has 1 aliphatic carbocycles. The zero-order chi connectivity index (χ0) is 11.6. The molecule has 0 heterocycles. The highest BCUT2D eigenvalue weighted by atomic mass is 16.4. The molecule has 4 nitrogen and oxygen atoms in total. The van der Waals surface area contributed by atoms with Gasteiger partial charge in [0.15, 0.2) is 17.5 Å². The van der Waals surface area contributed by atoms with Gasteiger partial charge in [-0.15, -0.1) is 0 Å². The molecule has 1 saturated carbocycles. The van der Waals surface area contributed by atoms with Gasteiger partial charge in [0.1, 0.15) is 0 Å². The van der Waals surface area contributed by atoms with Crippen LogP contribution in [-0.4, -0.2) is 22.6 Å². The fraction of sp³-hybridized carbons (Fsp3) is 0.727. The number of carboxylic acids is 1. The Morgan fingerprint density at radius 1 is 1.33 bits per heavy atom. The van der Waals surface area contributed by atoms with Gasteiger partial charge in [-0.25, -0.2) is 0 Å². The lowest BCUT2D eigenvalue weighted by Gasteiger charge is -2.13. The number of carbonyl (C=O) groups is 3. The first kappa shape index (κ1) is 11.9. The SMILES string of the molecule is CCCC(=O)C(C(=O)O)C(=O)C1(C)CC1. The smallest absolute Gasteiger partial charge is 0.321 e. The van der Waals surface area contributed by atoms with Crippen LogP contribution in [0.4, 0.5) is 0 Å². The van der Waals surface area contributed by atoms with Crippen molar-refractivity contribution in [1.29, 1.82) is 0 Å². The van der Waals surface area contributed by atoms with Crippen molar-refractivity contribution in [3.63, 3.8) is 0 Å². The third kappa shape index (κ3) is 2.43. The van der Waals surface area contributed by atoms with Gasteiger partial charge in [0, 0.05) is 11.8 Å². The van der Waals surface area contributed by atoms with E-state index in [-0.39, 0.29) is 6.42 Å². The van der Waals surface area contributed by atoms with E-state index in [2.05, 4.69) is 0 Å². The van der Waals surface area contributed by atoms with Gasteiger partial charge in [0.05, 0.1) is 0 Å². The summed E-state index contributed by atoms with van der Waals surface area (Å²) in [5, 5.41) is 8.89. The number of carbonyl (C=O) groups excluding carboxylic acids is 2. The summed E-state index contributed by atoms with van der Waals surface area (Å²) in [6, 6.07) is 0. The maximum absolute atomic E-state index is 11.8. The van der Waals surface area contributed by atoms with E-state index in [0.717, 1.165) is 0 Å². The first-order valence-corrected chi connectivity index (χ1v) is 5.22. The quantitative estimate of drug-likeness (QED) is 0.676. The van der Waals surface area contributed by atoms with Crippen LogP contribution < -0.4 is 0 Å². The Kier molecular flexibility index (Phi) is 3.27. The summed E-state index contributed by atoms with van der Waals surface area (Å²) < 4.78 is 0. The van der Waals surface area contributed by atoms with E-state index in [4.69, 9.17) is 5.11 Å². The zero-order valence-electron chi connectivity index (χ0n) is 9.08. The van der Waals surface area contributed by atoms with Gasteiger partial charge in [-0.1, -0.05) is 13.8 Å². The normalized spacial score (nSPS) is 19.3. The van der Waals surface area contributed by atoms with Gasteiger partial charge in [-0.2, -0.15) is 0 Å². The molecule has 84 valence electrons. The fourth-order valence-electron chi connectivity index (χ4n) is 1.57. The summed E-state index contributed by atoms with van der Waals surface area (Å²) in [5.74, 6) is -3.60. The molecule has 0 bridgehead atoms. The zero-order valence-corrected chi connectivity index (χ0v) is 9.08. The lowest BCUT2D eigenvalue weighted by molar-refractivity contribution is -0.152. The van der Waals surface area contributed by atoms with Crippen LogP contribution in [-0.2, 0) is 14.4 Å². The summed E-state index contributed by atoms with van der Waals surface area (Å²) in [4.78, 5) is 34.2. The summed E-state index contributed by atoms with van der Waals surface area (Å²) in [5.41, 5.74) is -0.549. The molecule has 0 aromatic rings. The molecule has 0 saturated heterocycles. The van der Waals surface area contributed by atoms with Crippen molar-refractivity contribution < 1.29 is 19.5 Å². The highest BCUT2D eigenvalue weighted by molar-refractivity contribution is 6.18. The Morgan fingerprint density at radius 2 is 1.87 bits per heavy atom. The van der Waals surface area contributed by atoms with Crippen LogP contribution in [0, 0.1) is 11.3 Å². The second-order valence-electron chi connectivity index (χ2n) is 4.41. The molecule has 0 aromatic carbocycles. The standard InChI is InChI=1S/C11H16O4/c1-3-4-7(12)8(10(14)15)9(13)11(2)5-6-11/h8H,3-6H2,1-2H3,(H,14,15). The van der Waals surface area contributed by atoms with Gasteiger partial charge in [0.25, 0.3) is 0 Å². The predicted molar refractivity (Wildman–Crippen MR) is 53.4 cm³/mol. The van der Waals surface area contributed by atoms with Crippen LogP contribution in [0.3, 0.4) is 0 Å². The highest BCUT2D eigenvalue weighted by Gasteiger charge is 2.51. The van der Waals surface area contributed by atoms with Gasteiger partial charge in [0.2, 0.25) is 0 Å². The largest absolute Gasteiger partial charge is 0.480 e. The number of hydrogen-bond acceptors (Lipinski definition) is 3. The minimum atomic E-state index is -1.43. The van der Waals surface area contributed by atoms with E-state index in [1.54, 1.807) is 13.8 Å². The third-order valence-corrected chi connectivity index (χ3v) is 2.92. The van der Waals surface area contributed by atoms with E-state index >= 15 is 0 Å². The number of carboxylic acid groups (broad SMARTS) is 1. The van der Waals surface area contributed by atoms with Crippen molar-refractivity contribution in [3.8, 4) is 0 Å². The van der Waals surface area contributed by atoms with E-state index in [1.807, 2.05) is 0 Å². The molecule has 1 fully saturated rings. The minimum absolute atomic E-state index is 0.165. The van der Waals surface area contributed by atoms with Crippen LogP contribution >= 0.6 is 0 Å². The maximum Gasteiger partial charge on any atom is 0.321 e. The molecule has 1 atom stereocenters. The molecule has 0 aromatic heterocycles. The fourth-order valence-corrected chi connectivity index (χ4v) is 1.57. The monoisotopic (exact) mass is 212 g/mol. The average Bonchev–Trinajstić information content (AvgIpc) is 2.85. The molecule has 1 unspecified atom stereocenters. The number of aliphatic carboxylic acids is 1. The molecular weight excluding hydrogens is 196 g/mol. The van der Waals surface area contributed by atoms with Crippen LogP contribution in [0.5, 0.6) is 0 Å². The van der Waals surface area contributed by atoms with Crippen molar-refractivity contribution in [2.75, 3.05) is 0 Å². The van der Waals surface area contributed by atoms with E-state index in [1.165, 1.54) is 0 Å². The van der Waals surface area contributed by atoms with E-state index in [9.17, 15) is 14.4 Å². The van der Waals surface area contributed by atoms with Crippen molar-refractivity contribution in [2.24, 2.45) is 11.3 Å². The van der Waals surface area contributed by atoms with Crippen molar-refractivity contribution in [1.82, 2.24) is 0 Å². The Labute approximate surface area is 88.7 Å². The summed E-state index contributed by atoms with van der Waals surface area (Å²) in [7, 11) is 0. The van der Waals surface area contributed by atoms with E-state index < -0.39 is 28.9 Å². The van der Waals surface area contributed by atoms with Gasteiger partial charge < -0.3 is 5.11 Å². The lowest BCUT2D eigenvalue weighted by atomic mass is 9.87. The summed E-state index contributed by atoms with van der Waals surface area (Å²) in [6.07, 6.45) is 2.15. The second-order valence-corrected chi connectivity index (χ2v) is 4.41. The number of ketones is 2. The summed E-state index contributed by atoms with van der Waals surface area (Å²) in [6.45, 7) is 3.52. The number of Topliss-reactive ketones (excluding diaryl/α,β-unsaturated/α-hetero) is 2. The number of hydrogen-bond donors (Lipinski definition) is 1. The van der Waals surface area contributed by atoms with Crippen molar-refractivity contribution in [2.45, 2.75) is 39.5 Å². The van der Waals surface area contributed by atoms with Crippen LogP contribution in [0.2, 0.25) is 0 Å². The maximum atomic E-state index is 11.8. The molecule has 4 heteroatoms. The van der Waals surface area contributed by atoms with Gasteiger partial charge in [-0.05, 0) is 19.3 Å². The molecule has 15 heavy (non-hydrogen) atoms. The highest BCUT2D eigenvalue weighted by Crippen LogP contribution is 2.47. The molecule has 0 radical (unpaired) electrons. The van der Waals surface area contributed by atoms with Gasteiger partial charge >= 0.3 is 5.97 Å². The third-order valence-electron chi connectivity index (χ3n) is 2.92. The molecule has 1 rings (SSSR count). The summed E-state index contributed by atoms with van der Waals surface area (Å²) >= 11 is 0. The Morgan fingerprint density at radius 3 is 2.20 bits per heavy atom. The van der Waals surface area contributed by atoms with Gasteiger partial charge in [-0.3, -0.25) is 14.4 Å². The molecule has 1 aliphatic rings. The number of rotatable bonds is 6. The first-order valence-electron chi connectivity index (χ1n) is 5.22. The van der Waals surface area contributed by atoms with E-state index in [0.29, 0.717) is 19.3 Å². The molecule has 0 amide bonds. The topological polar surface area (TPSA) is 71.4 Å². The van der Waals surface area contributed by atoms with Crippen molar-refractivity contribution in [3.05, 3.63) is 0 Å². The average molecular weight is 212 g/mol. The lowest BCUT2D eigenvalue weighted by Crippen LogP contribution is -2.35. The first-order chi connectivity index (χ1) is 6.92. The predicted octanol–water partition coefficient (Wildman–Crippen LogP) is 1.43. The van der Waals surface area contributed by atoms with Crippen LogP contribution in [0.1, 0.15) is 39.5 Å². The minimum Gasteiger partial charge on any atom is -0.480 e. The van der Waals surface area contributed by atoms with Crippen LogP contribution in [0.15, 0.2) is 0 Å². The Bertz CT molecular complexity index is 302. The Balaban J connectivity index is 2.78.